The van der Waals surface area contributed by atoms with E-state index in [2.05, 4.69) is 45.7 Å². The molecule has 0 aromatic rings. The first kappa shape index (κ1) is 22.6. The maximum Gasteiger partial charge on any atom is 0.0433 e. The largest absolute Gasteiger partial charge is 0.396 e. The summed E-state index contributed by atoms with van der Waals surface area (Å²) in [5, 5.41) is 14.4. The molecular formula is C31H47NO. The highest BCUT2D eigenvalue weighted by Crippen LogP contribution is 2.72. The van der Waals surface area contributed by atoms with E-state index in [1.165, 1.54) is 76.2 Å². The van der Waals surface area contributed by atoms with Crippen molar-refractivity contribution in [2.45, 2.75) is 116 Å². The second-order valence-electron chi connectivity index (χ2n) is 13.8. The van der Waals surface area contributed by atoms with Crippen LogP contribution in [0.15, 0.2) is 34.9 Å². The predicted molar refractivity (Wildman–Crippen MR) is 137 cm³/mol. The van der Waals surface area contributed by atoms with Crippen molar-refractivity contribution >= 4 is 0 Å². The third kappa shape index (κ3) is 2.86. The molecule has 2 heteroatoms. The first-order valence-corrected chi connectivity index (χ1v) is 14.1. The van der Waals surface area contributed by atoms with Crippen LogP contribution >= 0.6 is 0 Å². The molecule has 0 amide bonds. The first-order valence-electron chi connectivity index (χ1n) is 14.1. The smallest absolute Gasteiger partial charge is 0.0433 e. The highest BCUT2D eigenvalue weighted by molar-refractivity contribution is 5.45. The Labute approximate surface area is 202 Å². The monoisotopic (exact) mass is 449 g/mol. The summed E-state index contributed by atoms with van der Waals surface area (Å²) in [6, 6.07) is 0. The van der Waals surface area contributed by atoms with E-state index in [1.54, 1.807) is 16.7 Å². The Morgan fingerprint density at radius 1 is 1.09 bits per heavy atom. The highest BCUT2D eigenvalue weighted by Gasteiger charge is 2.72. The number of rotatable bonds is 4. The van der Waals surface area contributed by atoms with Gasteiger partial charge < -0.3 is 10.4 Å². The Balaban J connectivity index is 1.36. The third-order valence-electron chi connectivity index (χ3n) is 12.5. The third-order valence-corrected chi connectivity index (χ3v) is 12.5. The average Bonchev–Trinajstić information content (AvgIpc) is 3.26. The molecule has 0 radical (unpaired) electrons. The normalized spacial score (nSPS) is 50.6. The molecular weight excluding hydrogens is 402 g/mol. The Hall–Kier alpha value is -0.860. The average molecular weight is 450 g/mol. The standard InChI is InChI=1S/C31H47NO/c1-20(2)22-8-11-28(4)19-26(16-21(3)27(28)17-22)30-12-9-24-18-25-7-6-23(10-15-33)31(25,14-13-30)29(24,5)32-30/h16,22-25,32-33H,1,6-15,17-19H2,2-5H3/t22-,23-,24-,25-,28+,29-,30+,31-/m1/s1. The van der Waals surface area contributed by atoms with E-state index in [0.29, 0.717) is 23.4 Å². The number of allylic oxidation sites excluding steroid dienone is 4. The Morgan fingerprint density at radius 2 is 1.91 bits per heavy atom. The molecule has 182 valence electrons. The summed E-state index contributed by atoms with van der Waals surface area (Å²) >= 11 is 0. The van der Waals surface area contributed by atoms with Gasteiger partial charge in [0.05, 0.1) is 0 Å². The van der Waals surface area contributed by atoms with Gasteiger partial charge >= 0.3 is 0 Å². The number of hydrogen-bond donors (Lipinski definition) is 2. The number of aliphatic hydroxyl groups is 1. The van der Waals surface area contributed by atoms with Crippen LogP contribution in [0.25, 0.3) is 0 Å². The molecule has 4 aliphatic carbocycles. The van der Waals surface area contributed by atoms with Crippen LogP contribution in [0.1, 0.15) is 105 Å². The Morgan fingerprint density at radius 3 is 2.67 bits per heavy atom. The van der Waals surface area contributed by atoms with Crippen molar-refractivity contribution in [1.29, 1.82) is 0 Å². The molecule has 33 heavy (non-hydrogen) atoms. The van der Waals surface area contributed by atoms with Crippen molar-refractivity contribution in [2.75, 3.05) is 6.61 Å². The zero-order chi connectivity index (χ0) is 23.2. The lowest BCUT2D eigenvalue weighted by Gasteiger charge is -2.64. The molecule has 3 saturated carbocycles. The van der Waals surface area contributed by atoms with Crippen LogP contribution in [0.3, 0.4) is 0 Å². The number of aliphatic hydroxyl groups excluding tert-OH is 1. The molecule has 2 saturated heterocycles. The van der Waals surface area contributed by atoms with E-state index in [1.807, 2.05) is 0 Å². The van der Waals surface area contributed by atoms with Crippen LogP contribution in [-0.2, 0) is 0 Å². The van der Waals surface area contributed by atoms with Crippen molar-refractivity contribution in [3.05, 3.63) is 34.9 Å². The fraction of sp³-hybridized carbons (Fsp3) is 0.806. The van der Waals surface area contributed by atoms with E-state index in [9.17, 15) is 5.11 Å². The Kier molecular flexibility index (Phi) is 5.02. The molecule has 2 aliphatic heterocycles. The first-order chi connectivity index (χ1) is 15.7. The van der Waals surface area contributed by atoms with Gasteiger partial charge in [-0.3, -0.25) is 0 Å². The van der Waals surface area contributed by atoms with Crippen LogP contribution in [-0.4, -0.2) is 22.8 Å². The van der Waals surface area contributed by atoms with Gasteiger partial charge in [0.1, 0.15) is 0 Å². The van der Waals surface area contributed by atoms with Gasteiger partial charge in [-0.05, 0) is 138 Å². The fourth-order valence-electron chi connectivity index (χ4n) is 10.8. The van der Waals surface area contributed by atoms with Gasteiger partial charge in [0.25, 0.3) is 0 Å². The molecule has 2 bridgehead atoms. The predicted octanol–water partition coefficient (Wildman–Crippen LogP) is 7.11. The molecule has 2 nitrogen and oxygen atoms in total. The van der Waals surface area contributed by atoms with Gasteiger partial charge in [0.15, 0.2) is 0 Å². The maximum absolute atomic E-state index is 9.88. The van der Waals surface area contributed by atoms with Crippen molar-refractivity contribution in [1.82, 2.24) is 5.32 Å². The van der Waals surface area contributed by atoms with Gasteiger partial charge in [-0.2, -0.15) is 0 Å². The lowest BCUT2D eigenvalue weighted by Crippen LogP contribution is -2.73. The lowest BCUT2D eigenvalue weighted by atomic mass is 9.50. The molecule has 1 spiro atoms. The van der Waals surface area contributed by atoms with Crippen molar-refractivity contribution in [2.24, 2.45) is 34.5 Å². The minimum atomic E-state index is 0.207. The summed E-state index contributed by atoms with van der Waals surface area (Å²) in [5.41, 5.74) is 7.63. The molecule has 2 heterocycles. The van der Waals surface area contributed by atoms with Crippen LogP contribution in [0, 0.1) is 34.5 Å². The van der Waals surface area contributed by atoms with Crippen LogP contribution in [0.4, 0.5) is 0 Å². The summed E-state index contributed by atoms with van der Waals surface area (Å²) in [6.07, 6.45) is 18.4. The van der Waals surface area contributed by atoms with Gasteiger partial charge in [-0.25, -0.2) is 0 Å². The minimum absolute atomic E-state index is 0.207. The summed E-state index contributed by atoms with van der Waals surface area (Å²) < 4.78 is 0. The lowest BCUT2D eigenvalue weighted by molar-refractivity contribution is -0.0680. The fourth-order valence-corrected chi connectivity index (χ4v) is 10.8. The topological polar surface area (TPSA) is 32.3 Å². The molecule has 6 aliphatic rings. The van der Waals surface area contributed by atoms with E-state index < -0.39 is 0 Å². The molecule has 8 atom stereocenters. The van der Waals surface area contributed by atoms with Gasteiger partial charge in [-0.1, -0.05) is 36.3 Å². The molecule has 0 aromatic heterocycles. The van der Waals surface area contributed by atoms with Gasteiger partial charge in [0, 0.05) is 17.7 Å². The van der Waals surface area contributed by atoms with Gasteiger partial charge in [0.2, 0.25) is 0 Å². The molecule has 0 unspecified atom stereocenters. The van der Waals surface area contributed by atoms with E-state index in [4.69, 9.17) is 0 Å². The van der Waals surface area contributed by atoms with Gasteiger partial charge in [-0.15, -0.1) is 0 Å². The van der Waals surface area contributed by atoms with Crippen LogP contribution in [0.5, 0.6) is 0 Å². The zero-order valence-electron chi connectivity index (χ0n) is 21.7. The second kappa shape index (κ2) is 7.33. The quantitative estimate of drug-likeness (QED) is 0.448. The summed E-state index contributed by atoms with van der Waals surface area (Å²) in [5.74, 6) is 3.11. The maximum atomic E-state index is 9.88. The SMILES string of the molecule is C=C(C)[C@@H]1CC[C@@]2(C)CC([C@]34CC[C@@H]5C[C@H]6CC[C@H](CCO)[C@@]6(CC3)[C@]5(C)N4)=CC(C)=C2C1. The number of hydrogen-bond acceptors (Lipinski definition) is 2. The van der Waals surface area contributed by atoms with Crippen molar-refractivity contribution in [3.63, 3.8) is 0 Å². The second-order valence-corrected chi connectivity index (χ2v) is 13.8. The molecule has 6 rings (SSSR count). The van der Waals surface area contributed by atoms with E-state index >= 15 is 0 Å². The summed E-state index contributed by atoms with van der Waals surface area (Å²) in [7, 11) is 0. The van der Waals surface area contributed by atoms with Crippen LogP contribution in [0.2, 0.25) is 0 Å². The summed E-state index contributed by atoms with van der Waals surface area (Å²) in [6.45, 7) is 14.5. The summed E-state index contributed by atoms with van der Waals surface area (Å²) in [4.78, 5) is 0. The highest BCUT2D eigenvalue weighted by atomic mass is 16.3. The van der Waals surface area contributed by atoms with E-state index in [-0.39, 0.29) is 11.1 Å². The Bertz CT molecular complexity index is 927. The number of fused-ring (bicyclic) bond motifs is 2. The van der Waals surface area contributed by atoms with Crippen molar-refractivity contribution < 1.29 is 5.11 Å². The number of piperidine rings is 2. The minimum Gasteiger partial charge on any atom is -0.396 e. The van der Waals surface area contributed by atoms with Crippen molar-refractivity contribution in [3.8, 4) is 0 Å². The number of nitrogens with one attached hydrogen (secondary N) is 1. The molecule has 5 fully saturated rings. The van der Waals surface area contributed by atoms with E-state index in [0.717, 1.165) is 24.2 Å². The molecule has 0 aromatic carbocycles. The molecule has 2 N–H and O–H groups in total. The van der Waals surface area contributed by atoms with Crippen LogP contribution < -0.4 is 5.32 Å². The zero-order valence-corrected chi connectivity index (χ0v) is 21.7.